The van der Waals surface area contributed by atoms with Crippen molar-refractivity contribution in [3.63, 3.8) is 0 Å². The second-order valence-electron chi connectivity index (χ2n) is 5.71. The van der Waals surface area contributed by atoms with Crippen molar-refractivity contribution < 1.29 is 22.3 Å². The Hall–Kier alpha value is -2.35. The molecule has 2 heterocycles. The molecule has 3 rings (SSSR count). The summed E-state index contributed by atoms with van der Waals surface area (Å²) in [4.78, 5) is 6.29. The normalized spacial score (nSPS) is 20.7. The SMILES string of the molecule is CN1CC[C@](N)(c2ccc(OC(F)(F)F)c(F)c2)c2ncccc21. The quantitative estimate of drug-likeness (QED) is 0.853. The van der Waals surface area contributed by atoms with Gasteiger partial charge in [0.1, 0.15) is 0 Å². The van der Waals surface area contributed by atoms with Gasteiger partial charge in [0, 0.05) is 19.8 Å². The highest BCUT2D eigenvalue weighted by molar-refractivity contribution is 5.58. The Morgan fingerprint density at radius 1 is 1.29 bits per heavy atom. The van der Waals surface area contributed by atoms with E-state index in [-0.39, 0.29) is 0 Å². The van der Waals surface area contributed by atoms with Gasteiger partial charge in [0.25, 0.3) is 0 Å². The number of hydrogen-bond donors (Lipinski definition) is 1. The molecule has 0 bridgehead atoms. The Morgan fingerprint density at radius 2 is 2.04 bits per heavy atom. The van der Waals surface area contributed by atoms with Gasteiger partial charge in [-0.3, -0.25) is 4.98 Å². The maximum atomic E-state index is 14.0. The number of benzene rings is 1. The molecule has 1 aromatic carbocycles. The Labute approximate surface area is 135 Å². The van der Waals surface area contributed by atoms with Crippen LogP contribution < -0.4 is 15.4 Å². The molecule has 0 spiro atoms. The first kappa shape index (κ1) is 16.5. The van der Waals surface area contributed by atoms with E-state index in [1.54, 1.807) is 12.3 Å². The minimum absolute atomic E-state index is 0.350. The number of anilines is 1. The van der Waals surface area contributed by atoms with Crippen LogP contribution in [0.4, 0.5) is 23.2 Å². The fraction of sp³-hybridized carbons (Fsp3) is 0.312. The van der Waals surface area contributed by atoms with E-state index in [9.17, 15) is 17.6 Å². The molecule has 0 fully saturated rings. The third kappa shape index (κ3) is 2.89. The van der Waals surface area contributed by atoms with Crippen molar-refractivity contribution in [3.05, 3.63) is 53.6 Å². The van der Waals surface area contributed by atoms with E-state index in [1.807, 2.05) is 18.0 Å². The number of hydrogen-bond acceptors (Lipinski definition) is 4. The van der Waals surface area contributed by atoms with Gasteiger partial charge in [-0.15, -0.1) is 13.2 Å². The van der Waals surface area contributed by atoms with Crippen LogP contribution in [0.1, 0.15) is 17.7 Å². The summed E-state index contributed by atoms with van der Waals surface area (Å²) in [5, 5.41) is 0. The van der Waals surface area contributed by atoms with E-state index in [1.165, 1.54) is 6.07 Å². The lowest BCUT2D eigenvalue weighted by molar-refractivity contribution is -0.275. The number of halogens is 4. The molecular formula is C16H15F4N3O. The number of fused-ring (bicyclic) bond motifs is 1. The van der Waals surface area contributed by atoms with Crippen molar-refractivity contribution in [2.75, 3.05) is 18.5 Å². The summed E-state index contributed by atoms with van der Waals surface area (Å²) in [6, 6.07) is 6.87. The molecule has 0 aliphatic carbocycles. The summed E-state index contributed by atoms with van der Waals surface area (Å²) in [5.74, 6) is -2.00. The number of nitrogens with two attached hydrogens (primary N) is 1. The molecule has 2 N–H and O–H groups in total. The Bertz CT molecular complexity index is 765. The zero-order chi connectivity index (χ0) is 17.5. The average Bonchev–Trinajstić information content (AvgIpc) is 2.52. The number of alkyl halides is 3. The number of ether oxygens (including phenoxy) is 1. The van der Waals surface area contributed by atoms with E-state index < -0.39 is 23.5 Å². The second-order valence-corrected chi connectivity index (χ2v) is 5.71. The smallest absolute Gasteiger partial charge is 0.403 e. The van der Waals surface area contributed by atoms with Gasteiger partial charge in [0.05, 0.1) is 16.9 Å². The fourth-order valence-corrected chi connectivity index (χ4v) is 2.90. The first-order chi connectivity index (χ1) is 11.2. The topological polar surface area (TPSA) is 51.4 Å². The Balaban J connectivity index is 2.03. The van der Waals surface area contributed by atoms with Crippen LogP contribution in [0.2, 0.25) is 0 Å². The van der Waals surface area contributed by atoms with Gasteiger partial charge in [-0.1, -0.05) is 6.07 Å². The number of rotatable bonds is 2. The predicted molar refractivity (Wildman–Crippen MR) is 80.2 cm³/mol. The molecule has 1 aliphatic heterocycles. The molecule has 0 radical (unpaired) electrons. The van der Waals surface area contributed by atoms with E-state index in [0.717, 1.165) is 17.8 Å². The zero-order valence-corrected chi connectivity index (χ0v) is 12.8. The van der Waals surface area contributed by atoms with Gasteiger partial charge in [-0.2, -0.15) is 0 Å². The van der Waals surface area contributed by atoms with Crippen molar-refractivity contribution in [3.8, 4) is 5.75 Å². The highest BCUT2D eigenvalue weighted by Crippen LogP contribution is 2.40. The third-order valence-corrected chi connectivity index (χ3v) is 4.13. The number of pyridine rings is 1. The predicted octanol–water partition coefficient (Wildman–Crippen LogP) is 3.16. The van der Waals surface area contributed by atoms with Gasteiger partial charge in [0.2, 0.25) is 0 Å². The van der Waals surface area contributed by atoms with E-state index in [0.29, 0.717) is 24.2 Å². The number of aromatic nitrogens is 1. The maximum Gasteiger partial charge on any atom is 0.573 e. The minimum atomic E-state index is -4.95. The highest BCUT2D eigenvalue weighted by Gasteiger charge is 2.39. The van der Waals surface area contributed by atoms with Crippen LogP contribution in [-0.4, -0.2) is 24.9 Å². The van der Waals surface area contributed by atoms with Gasteiger partial charge >= 0.3 is 6.36 Å². The lowest BCUT2D eigenvalue weighted by atomic mass is 9.80. The monoisotopic (exact) mass is 341 g/mol. The maximum absolute atomic E-state index is 14.0. The molecule has 128 valence electrons. The van der Waals surface area contributed by atoms with Crippen LogP contribution in [-0.2, 0) is 5.54 Å². The molecule has 8 heteroatoms. The molecule has 0 saturated heterocycles. The molecule has 4 nitrogen and oxygen atoms in total. The van der Waals surface area contributed by atoms with Gasteiger partial charge < -0.3 is 15.4 Å². The summed E-state index contributed by atoms with van der Waals surface area (Å²) in [6.45, 7) is 0.609. The van der Waals surface area contributed by atoms with E-state index in [2.05, 4.69) is 9.72 Å². The molecule has 1 aromatic heterocycles. The van der Waals surface area contributed by atoms with Crippen molar-refractivity contribution >= 4 is 5.69 Å². The fourth-order valence-electron chi connectivity index (χ4n) is 2.90. The third-order valence-electron chi connectivity index (χ3n) is 4.13. The Kier molecular flexibility index (Phi) is 3.87. The van der Waals surface area contributed by atoms with Crippen LogP contribution in [0.5, 0.6) is 5.75 Å². The summed E-state index contributed by atoms with van der Waals surface area (Å²) in [6.07, 6.45) is -2.92. The van der Waals surface area contributed by atoms with Gasteiger partial charge in [-0.25, -0.2) is 4.39 Å². The van der Waals surface area contributed by atoms with Crippen molar-refractivity contribution in [1.29, 1.82) is 0 Å². The van der Waals surface area contributed by atoms with Crippen molar-refractivity contribution in [2.45, 2.75) is 18.3 Å². The molecule has 0 unspecified atom stereocenters. The van der Waals surface area contributed by atoms with Crippen LogP contribution in [0.3, 0.4) is 0 Å². The van der Waals surface area contributed by atoms with Crippen LogP contribution in [0.15, 0.2) is 36.5 Å². The van der Waals surface area contributed by atoms with Crippen LogP contribution in [0, 0.1) is 5.82 Å². The summed E-state index contributed by atoms with van der Waals surface area (Å²) in [5.41, 5.74) is 7.11. The van der Waals surface area contributed by atoms with Gasteiger partial charge in [-0.05, 0) is 36.2 Å². The highest BCUT2D eigenvalue weighted by atomic mass is 19.4. The van der Waals surface area contributed by atoms with Gasteiger partial charge in [0.15, 0.2) is 11.6 Å². The first-order valence-electron chi connectivity index (χ1n) is 7.22. The lowest BCUT2D eigenvalue weighted by Gasteiger charge is -2.39. The van der Waals surface area contributed by atoms with E-state index >= 15 is 0 Å². The largest absolute Gasteiger partial charge is 0.573 e. The standard InChI is InChI=1S/C16H15F4N3O/c1-23-8-6-15(21,14-12(23)3-2-7-22-14)10-4-5-13(11(17)9-10)24-16(18,19)20/h2-5,7,9H,6,8,21H2,1H3/t15-/m0/s1. The molecule has 1 atom stereocenters. The molecule has 1 aliphatic rings. The van der Waals surface area contributed by atoms with Crippen molar-refractivity contribution in [1.82, 2.24) is 4.98 Å². The van der Waals surface area contributed by atoms with Crippen LogP contribution in [0.25, 0.3) is 0 Å². The molecule has 24 heavy (non-hydrogen) atoms. The lowest BCUT2D eigenvalue weighted by Crippen LogP contribution is -2.46. The van der Waals surface area contributed by atoms with Crippen LogP contribution >= 0.6 is 0 Å². The Morgan fingerprint density at radius 3 is 2.71 bits per heavy atom. The molecule has 0 amide bonds. The van der Waals surface area contributed by atoms with E-state index in [4.69, 9.17) is 5.73 Å². The summed E-state index contributed by atoms with van der Waals surface area (Å²) >= 11 is 0. The summed E-state index contributed by atoms with van der Waals surface area (Å²) in [7, 11) is 1.89. The van der Waals surface area contributed by atoms with Crippen molar-refractivity contribution in [2.24, 2.45) is 5.73 Å². The second kappa shape index (κ2) is 5.62. The average molecular weight is 341 g/mol. The number of nitrogens with zero attached hydrogens (tertiary/aromatic N) is 2. The first-order valence-corrected chi connectivity index (χ1v) is 7.22. The molecule has 2 aromatic rings. The minimum Gasteiger partial charge on any atom is -0.403 e. The molecule has 0 saturated carbocycles. The summed E-state index contributed by atoms with van der Waals surface area (Å²) < 4.78 is 54.5. The zero-order valence-electron chi connectivity index (χ0n) is 12.8. The molecular weight excluding hydrogens is 326 g/mol.